The predicted molar refractivity (Wildman–Crippen MR) is 134 cm³/mol. The van der Waals surface area contributed by atoms with E-state index in [1.807, 2.05) is 0 Å². The van der Waals surface area contributed by atoms with Gasteiger partial charge in [-0.15, -0.1) is 11.3 Å². The molecule has 5 rings (SSSR count). The number of thiazole rings is 1. The maximum Gasteiger partial charge on any atom is 0.311 e. The number of nitrogens with one attached hydrogen (secondary N) is 1. The fourth-order valence-corrected chi connectivity index (χ4v) is 5.57. The molecule has 11 nitrogen and oxygen atoms in total. The van der Waals surface area contributed by atoms with Crippen molar-refractivity contribution in [3.05, 3.63) is 34.1 Å². The number of nitrogens with two attached hydrogens (primary N) is 1. The number of hydrogen-bond acceptors (Lipinski definition) is 10. The van der Waals surface area contributed by atoms with Crippen LogP contribution in [0.2, 0.25) is 0 Å². The second-order valence-electron chi connectivity index (χ2n) is 9.58. The topological polar surface area (TPSA) is 147 Å². The first-order valence-corrected chi connectivity index (χ1v) is 12.9. The summed E-state index contributed by atoms with van der Waals surface area (Å²) >= 11 is 1.25. The number of nitrogen functional groups attached to an aromatic ring is 1. The van der Waals surface area contributed by atoms with Crippen molar-refractivity contribution in [2.75, 3.05) is 24.3 Å². The number of hydrogen-bond donors (Lipinski definition) is 2. The van der Waals surface area contributed by atoms with Crippen molar-refractivity contribution >= 4 is 34.3 Å². The summed E-state index contributed by atoms with van der Waals surface area (Å²) in [6.07, 6.45) is 4.91. The highest BCUT2D eigenvalue weighted by atomic mass is 32.1. The van der Waals surface area contributed by atoms with Gasteiger partial charge < -0.3 is 15.2 Å². The van der Waals surface area contributed by atoms with Crippen LogP contribution in [0.15, 0.2) is 11.6 Å². The summed E-state index contributed by atoms with van der Waals surface area (Å²) in [5.41, 5.74) is 9.56. The normalized spacial score (nSPS) is 18.2. The van der Waals surface area contributed by atoms with Crippen LogP contribution in [0.25, 0.3) is 11.4 Å². The average Bonchev–Trinajstić information content (AvgIpc) is 3.46. The van der Waals surface area contributed by atoms with Gasteiger partial charge in [0, 0.05) is 23.7 Å². The number of aromatic nitrogens is 5. The Labute approximate surface area is 212 Å². The van der Waals surface area contributed by atoms with Gasteiger partial charge in [-0.05, 0) is 43.6 Å². The molecule has 190 valence electrons. The second-order valence-corrected chi connectivity index (χ2v) is 10.4. The maximum atomic E-state index is 13.6. The number of nitrogens with zero attached hydrogens (tertiary/aromatic N) is 5. The summed E-state index contributed by atoms with van der Waals surface area (Å²) < 4.78 is 12.8. The molecule has 3 N–H and O–H groups in total. The molecule has 3 aromatic heterocycles. The van der Waals surface area contributed by atoms with Gasteiger partial charge in [-0.3, -0.25) is 14.9 Å². The first-order chi connectivity index (χ1) is 17.3. The van der Waals surface area contributed by atoms with Gasteiger partial charge in [0.25, 0.3) is 5.91 Å². The minimum atomic E-state index is -0.417. The molecule has 1 aliphatic heterocycles. The molecule has 36 heavy (non-hydrogen) atoms. The fourth-order valence-electron chi connectivity index (χ4n) is 4.87. The number of rotatable bonds is 6. The maximum absolute atomic E-state index is 13.6. The van der Waals surface area contributed by atoms with E-state index in [-0.39, 0.29) is 30.5 Å². The quantitative estimate of drug-likeness (QED) is 0.476. The van der Waals surface area contributed by atoms with Crippen molar-refractivity contribution in [3.63, 3.8) is 0 Å². The van der Waals surface area contributed by atoms with Crippen LogP contribution < -0.4 is 11.1 Å². The molecule has 0 saturated carbocycles. The van der Waals surface area contributed by atoms with Crippen LogP contribution in [0.4, 0.5) is 11.1 Å². The molecule has 0 radical (unpaired) electrons. The molecule has 1 aliphatic carbocycles. The van der Waals surface area contributed by atoms with E-state index in [4.69, 9.17) is 20.3 Å². The van der Waals surface area contributed by atoms with Crippen molar-refractivity contribution < 1.29 is 19.1 Å². The highest BCUT2D eigenvalue weighted by Gasteiger charge is 2.42. The highest BCUT2D eigenvalue weighted by Crippen LogP contribution is 2.45. The van der Waals surface area contributed by atoms with Crippen LogP contribution in [0.5, 0.6) is 0 Å². The Balaban J connectivity index is 1.54. The largest absolute Gasteiger partial charge is 0.466 e. The molecule has 1 amide bonds. The molecule has 0 spiro atoms. The Morgan fingerprint density at radius 1 is 1.33 bits per heavy atom. The molecule has 12 heteroatoms. The number of fused-ring (bicyclic) bond motifs is 3. The first kappa shape index (κ1) is 24.3. The first-order valence-electron chi connectivity index (χ1n) is 12.0. The molecule has 1 saturated heterocycles. The third kappa shape index (κ3) is 4.58. The molecular weight excluding hydrogens is 482 g/mol. The Morgan fingerprint density at radius 3 is 2.92 bits per heavy atom. The minimum Gasteiger partial charge on any atom is -0.466 e. The van der Waals surface area contributed by atoms with Crippen LogP contribution >= 0.6 is 11.3 Å². The lowest BCUT2D eigenvalue weighted by molar-refractivity contribution is -0.142. The molecular formula is C24H29N7O4S. The van der Waals surface area contributed by atoms with Gasteiger partial charge in [-0.25, -0.2) is 19.6 Å². The minimum absolute atomic E-state index is 0.0498. The van der Waals surface area contributed by atoms with E-state index in [1.165, 1.54) is 11.3 Å². The summed E-state index contributed by atoms with van der Waals surface area (Å²) in [6.45, 7) is 6.85. The zero-order chi connectivity index (χ0) is 25.4. The van der Waals surface area contributed by atoms with Crippen molar-refractivity contribution in [2.45, 2.75) is 64.5 Å². The SMILES string of the molecule is CCOC(=O)Cc1csc(NC(=O)c2nn(C3CCCCO3)c3c2C(C)(C)Cc2cnc(N)nc2-3)n1. The fraction of sp³-hybridized carbons (Fsp3) is 0.500. The van der Waals surface area contributed by atoms with Gasteiger partial charge in [-0.1, -0.05) is 13.8 Å². The molecule has 4 heterocycles. The molecule has 1 fully saturated rings. The Morgan fingerprint density at radius 2 is 2.17 bits per heavy atom. The van der Waals surface area contributed by atoms with E-state index in [1.54, 1.807) is 23.2 Å². The van der Waals surface area contributed by atoms with Gasteiger partial charge in [0.05, 0.1) is 30.1 Å². The van der Waals surface area contributed by atoms with E-state index >= 15 is 0 Å². The third-order valence-electron chi connectivity index (χ3n) is 6.37. The van der Waals surface area contributed by atoms with E-state index in [0.29, 0.717) is 41.8 Å². The Hall–Kier alpha value is -3.38. The van der Waals surface area contributed by atoms with Crippen LogP contribution in [0, 0.1) is 0 Å². The summed E-state index contributed by atoms with van der Waals surface area (Å²) in [6, 6.07) is 0. The lowest BCUT2D eigenvalue weighted by Crippen LogP contribution is -2.30. The summed E-state index contributed by atoms with van der Waals surface area (Å²) in [7, 11) is 0. The number of esters is 1. The van der Waals surface area contributed by atoms with Gasteiger partial charge in [0.15, 0.2) is 17.1 Å². The van der Waals surface area contributed by atoms with Crippen LogP contribution in [0.1, 0.15) is 73.6 Å². The smallest absolute Gasteiger partial charge is 0.311 e. The van der Waals surface area contributed by atoms with Gasteiger partial charge in [0.1, 0.15) is 0 Å². The number of carbonyl (C=O) groups excluding carboxylic acids is 2. The van der Waals surface area contributed by atoms with Gasteiger partial charge >= 0.3 is 5.97 Å². The van der Waals surface area contributed by atoms with E-state index in [0.717, 1.165) is 36.1 Å². The third-order valence-corrected chi connectivity index (χ3v) is 7.18. The molecule has 2 aliphatic rings. The van der Waals surface area contributed by atoms with E-state index in [2.05, 4.69) is 34.1 Å². The van der Waals surface area contributed by atoms with Crippen molar-refractivity contribution in [2.24, 2.45) is 0 Å². The zero-order valence-corrected chi connectivity index (χ0v) is 21.4. The number of ether oxygens (including phenoxy) is 2. The van der Waals surface area contributed by atoms with Gasteiger partial charge in [0.2, 0.25) is 5.95 Å². The summed E-state index contributed by atoms with van der Waals surface area (Å²) in [4.78, 5) is 38.5. The Bertz CT molecular complexity index is 1310. The molecule has 1 atom stereocenters. The van der Waals surface area contributed by atoms with E-state index < -0.39 is 5.41 Å². The molecule has 0 bridgehead atoms. The molecule has 1 unspecified atom stereocenters. The highest BCUT2D eigenvalue weighted by molar-refractivity contribution is 7.14. The average molecular weight is 512 g/mol. The van der Waals surface area contributed by atoms with Crippen molar-refractivity contribution in [1.82, 2.24) is 24.7 Å². The molecule has 3 aromatic rings. The molecule has 0 aromatic carbocycles. The van der Waals surface area contributed by atoms with Crippen LogP contribution in [-0.4, -0.2) is 49.8 Å². The van der Waals surface area contributed by atoms with Crippen molar-refractivity contribution in [3.8, 4) is 11.4 Å². The predicted octanol–water partition coefficient (Wildman–Crippen LogP) is 3.27. The summed E-state index contributed by atoms with van der Waals surface area (Å²) in [5, 5.41) is 9.78. The van der Waals surface area contributed by atoms with E-state index in [9.17, 15) is 9.59 Å². The lowest BCUT2D eigenvalue weighted by Gasteiger charge is -2.33. The lowest BCUT2D eigenvalue weighted by atomic mass is 9.73. The number of carbonyl (C=O) groups is 2. The van der Waals surface area contributed by atoms with Crippen LogP contribution in [0.3, 0.4) is 0 Å². The standard InChI is InChI=1S/C24H29N7O4S/c1-4-34-16(32)9-14-12-36-23(27-14)29-21(33)19-17-20(31(30-19)15-7-5-6-8-35-15)18-13(10-24(17,2)3)11-26-22(25)28-18/h11-12,15H,4-10H2,1-3H3,(H2,25,26,28)(H,27,29,33). The second kappa shape index (κ2) is 9.58. The number of amides is 1. The zero-order valence-electron chi connectivity index (χ0n) is 20.5. The summed E-state index contributed by atoms with van der Waals surface area (Å²) in [5.74, 6) is -0.571. The Kier molecular flexibility index (Phi) is 6.47. The van der Waals surface area contributed by atoms with Crippen LogP contribution in [-0.2, 0) is 32.5 Å². The van der Waals surface area contributed by atoms with Gasteiger partial charge in [-0.2, -0.15) is 5.10 Å². The van der Waals surface area contributed by atoms with Crippen molar-refractivity contribution in [1.29, 1.82) is 0 Å². The number of anilines is 2. The monoisotopic (exact) mass is 511 g/mol.